The molecule has 1 amide bonds. The Kier molecular flexibility index (Phi) is 5.89. The van der Waals surface area contributed by atoms with Crippen molar-refractivity contribution in [3.8, 4) is 11.6 Å². The minimum atomic E-state index is -4.50. The molecule has 12 heteroatoms. The number of aromatic nitrogens is 5. The van der Waals surface area contributed by atoms with E-state index in [1.807, 2.05) is 6.92 Å². The Morgan fingerprint density at radius 3 is 2.57 bits per heavy atom. The van der Waals surface area contributed by atoms with Crippen LogP contribution in [0, 0.1) is 12.8 Å². The molecular weight excluding hydrogens is 468 g/mol. The van der Waals surface area contributed by atoms with E-state index < -0.39 is 42.5 Å². The van der Waals surface area contributed by atoms with Gasteiger partial charge in [0.05, 0.1) is 30.0 Å². The minimum absolute atomic E-state index is 0.0228. The molecule has 3 aromatic rings. The highest BCUT2D eigenvalue weighted by Gasteiger charge is 2.51. The summed E-state index contributed by atoms with van der Waals surface area (Å²) in [4.78, 5) is 24.7. The Morgan fingerprint density at radius 1 is 1.14 bits per heavy atom. The first-order valence-electron chi connectivity index (χ1n) is 11.2. The second-order valence-electron chi connectivity index (χ2n) is 8.81. The number of ether oxygens (including phenoxy) is 1. The predicted molar refractivity (Wildman–Crippen MR) is 115 cm³/mol. The molecule has 4 unspecified atom stereocenters. The number of hydrogen-bond acceptors (Lipinski definition) is 6. The van der Waals surface area contributed by atoms with E-state index in [4.69, 9.17) is 4.74 Å². The number of hydrogen-bond donors (Lipinski definition) is 0. The van der Waals surface area contributed by atoms with E-state index in [1.165, 1.54) is 22.1 Å². The van der Waals surface area contributed by atoms with Gasteiger partial charge in [-0.1, -0.05) is 0 Å². The van der Waals surface area contributed by atoms with Crippen molar-refractivity contribution in [1.82, 2.24) is 29.9 Å². The van der Waals surface area contributed by atoms with E-state index >= 15 is 0 Å². The maximum absolute atomic E-state index is 14.2. The van der Waals surface area contributed by atoms with Crippen LogP contribution in [0.4, 0.5) is 17.6 Å². The van der Waals surface area contributed by atoms with E-state index in [0.29, 0.717) is 24.7 Å². The molecular formula is C23H22F4N6O2. The third-order valence-electron chi connectivity index (χ3n) is 6.63. The second-order valence-corrected chi connectivity index (χ2v) is 8.81. The van der Waals surface area contributed by atoms with Gasteiger partial charge < -0.3 is 9.64 Å². The summed E-state index contributed by atoms with van der Waals surface area (Å²) in [5, 5.41) is 8.21. The monoisotopic (exact) mass is 490 g/mol. The number of halogens is 4. The fourth-order valence-corrected chi connectivity index (χ4v) is 5.02. The van der Waals surface area contributed by atoms with Gasteiger partial charge in [0.25, 0.3) is 5.91 Å². The number of piperidine rings is 2. The van der Waals surface area contributed by atoms with Crippen LogP contribution in [0.3, 0.4) is 0 Å². The normalized spacial score (nSPS) is 24.0. The Balaban J connectivity index is 1.45. The molecule has 3 aliphatic rings. The van der Waals surface area contributed by atoms with Gasteiger partial charge in [0.15, 0.2) is 5.69 Å². The Labute approximate surface area is 197 Å². The van der Waals surface area contributed by atoms with E-state index in [2.05, 4.69) is 20.2 Å². The number of aryl methyl sites for hydroxylation is 1. The third-order valence-corrected chi connectivity index (χ3v) is 6.63. The molecule has 184 valence electrons. The van der Waals surface area contributed by atoms with Gasteiger partial charge in [0.2, 0.25) is 5.88 Å². The lowest BCUT2D eigenvalue weighted by molar-refractivity contribution is -0.137. The van der Waals surface area contributed by atoms with E-state index in [9.17, 15) is 22.4 Å². The number of alkyl halides is 4. The summed E-state index contributed by atoms with van der Waals surface area (Å²) in [7, 11) is 0. The van der Waals surface area contributed by atoms with Crippen molar-refractivity contribution in [2.45, 2.75) is 50.6 Å². The topological polar surface area (TPSA) is 86.0 Å². The van der Waals surface area contributed by atoms with Crippen LogP contribution in [0.1, 0.15) is 40.9 Å². The highest BCUT2D eigenvalue weighted by atomic mass is 19.4. The Morgan fingerprint density at radius 2 is 1.91 bits per heavy atom. The molecule has 4 atom stereocenters. The summed E-state index contributed by atoms with van der Waals surface area (Å²) in [6.07, 6.45) is 1.93. The molecule has 0 N–H and O–H groups in total. The maximum atomic E-state index is 14.2. The van der Waals surface area contributed by atoms with Crippen molar-refractivity contribution in [3.05, 3.63) is 59.8 Å². The third kappa shape index (κ3) is 4.32. The average molecular weight is 490 g/mol. The van der Waals surface area contributed by atoms with Crippen LogP contribution in [0.2, 0.25) is 0 Å². The zero-order chi connectivity index (χ0) is 24.7. The number of nitrogens with zero attached hydrogens (tertiary/aromatic N) is 6. The fourth-order valence-electron chi connectivity index (χ4n) is 5.02. The number of pyridine rings is 2. The number of rotatable bonds is 5. The van der Waals surface area contributed by atoms with Crippen molar-refractivity contribution in [1.29, 1.82) is 0 Å². The van der Waals surface area contributed by atoms with E-state index in [0.717, 1.165) is 24.1 Å². The first-order valence-corrected chi connectivity index (χ1v) is 11.2. The largest absolute Gasteiger partial charge is 0.472 e. The molecule has 1 aliphatic carbocycles. The summed E-state index contributed by atoms with van der Waals surface area (Å²) < 4.78 is 58.7. The van der Waals surface area contributed by atoms with Gasteiger partial charge in [-0.05, 0) is 49.8 Å². The number of carbonyl (C=O) groups excluding carboxylic acids is 1. The quantitative estimate of drug-likeness (QED) is 0.506. The lowest BCUT2D eigenvalue weighted by atomic mass is 9.73. The van der Waals surface area contributed by atoms with Crippen LogP contribution in [-0.4, -0.2) is 60.6 Å². The smallest absolute Gasteiger partial charge is 0.417 e. The number of carbonyl (C=O) groups is 1. The molecule has 35 heavy (non-hydrogen) atoms. The summed E-state index contributed by atoms with van der Waals surface area (Å²) in [5.74, 6) is -0.608. The van der Waals surface area contributed by atoms with Crippen LogP contribution < -0.4 is 4.74 Å². The number of fused-ring (bicyclic) bond motifs is 3. The van der Waals surface area contributed by atoms with Gasteiger partial charge in [0, 0.05) is 18.5 Å². The summed E-state index contributed by atoms with van der Waals surface area (Å²) in [6.45, 7) is 1.10. The summed E-state index contributed by atoms with van der Waals surface area (Å²) in [6, 6.07) is 2.65. The molecule has 8 nitrogen and oxygen atoms in total. The lowest BCUT2D eigenvalue weighted by Gasteiger charge is -2.53. The molecule has 0 radical (unpaired) electrons. The van der Waals surface area contributed by atoms with Crippen LogP contribution in [0.15, 0.2) is 43.0 Å². The second kappa shape index (κ2) is 8.90. The molecule has 2 aliphatic heterocycles. The summed E-state index contributed by atoms with van der Waals surface area (Å²) >= 11 is 0. The zero-order valence-corrected chi connectivity index (χ0v) is 18.7. The van der Waals surface area contributed by atoms with Crippen LogP contribution >= 0.6 is 0 Å². The van der Waals surface area contributed by atoms with Gasteiger partial charge in [-0.15, -0.1) is 4.80 Å². The van der Waals surface area contributed by atoms with Crippen molar-refractivity contribution in [2.24, 2.45) is 5.92 Å². The number of amides is 1. The van der Waals surface area contributed by atoms with Crippen molar-refractivity contribution < 1.29 is 27.1 Å². The van der Waals surface area contributed by atoms with Gasteiger partial charge in [-0.2, -0.15) is 23.4 Å². The molecule has 6 rings (SSSR count). The van der Waals surface area contributed by atoms with Crippen LogP contribution in [0.5, 0.6) is 5.88 Å². The lowest BCUT2D eigenvalue weighted by Crippen LogP contribution is -2.65. The molecule has 0 aromatic carbocycles. The van der Waals surface area contributed by atoms with Crippen LogP contribution in [0.25, 0.3) is 5.69 Å². The van der Waals surface area contributed by atoms with Crippen molar-refractivity contribution in [3.63, 3.8) is 0 Å². The summed E-state index contributed by atoms with van der Waals surface area (Å²) in [5.41, 5.74) is 0.380. The molecule has 0 spiro atoms. The molecule has 1 saturated carbocycles. The molecule has 2 bridgehead atoms. The van der Waals surface area contributed by atoms with Crippen molar-refractivity contribution in [2.75, 3.05) is 6.67 Å². The molecule has 3 fully saturated rings. The fraction of sp³-hybridized carbons (Fsp3) is 0.435. The maximum Gasteiger partial charge on any atom is 0.417 e. The highest BCUT2D eigenvalue weighted by Crippen LogP contribution is 2.42. The van der Waals surface area contributed by atoms with E-state index in [1.54, 1.807) is 12.3 Å². The van der Waals surface area contributed by atoms with Crippen LogP contribution in [-0.2, 0) is 6.18 Å². The Hall–Kier alpha value is -3.57. The average Bonchev–Trinajstić information content (AvgIpc) is 3.38. The minimum Gasteiger partial charge on any atom is -0.472 e. The standard InChI is InChI=1S/C23H22F4N6O2/c1-13-8-17(33-30-6-7-31-33)21(29-11-13)22(34)32-16-4-2-14(18(32)10-24)9-19(16)35-20-5-3-15(12-28-20)23(25,26)27/h3,5-8,11-12,14,16,18-19H,2,4,9-10H2,1H3. The molecule has 5 heterocycles. The first-order chi connectivity index (χ1) is 16.8. The van der Waals surface area contributed by atoms with Crippen molar-refractivity contribution >= 4 is 5.91 Å². The zero-order valence-electron chi connectivity index (χ0n) is 18.7. The van der Waals surface area contributed by atoms with Gasteiger partial charge in [0.1, 0.15) is 18.5 Å². The molecule has 3 aromatic heterocycles. The SMILES string of the molecule is Cc1cnc(C(=O)N2C(CF)C3CCC2C(Oc2ccc(C(F)(F)F)cn2)C3)c(-n2nccn2)c1. The van der Waals surface area contributed by atoms with Gasteiger partial charge in [-0.25, -0.2) is 14.4 Å². The first kappa shape index (κ1) is 23.2. The predicted octanol–water partition coefficient (Wildman–Crippen LogP) is 3.79. The van der Waals surface area contributed by atoms with Gasteiger partial charge in [-0.3, -0.25) is 4.79 Å². The molecule has 2 saturated heterocycles. The van der Waals surface area contributed by atoms with Gasteiger partial charge >= 0.3 is 6.18 Å². The highest BCUT2D eigenvalue weighted by molar-refractivity contribution is 5.96. The van der Waals surface area contributed by atoms with E-state index in [-0.39, 0.29) is 17.5 Å². The Bertz CT molecular complexity index is 1200.